The normalized spacial score (nSPS) is 12.7. The van der Waals surface area contributed by atoms with Crippen LogP contribution in [-0.4, -0.2) is 0 Å². The van der Waals surface area contributed by atoms with Crippen LogP contribution >= 0.6 is 38.9 Å². The minimum Gasteiger partial charge on any atom is -0.271 e. The molecular weight excluding hydrogens is 339 g/mol. The standard InChI is InChI=1S/C12H11BrClFN2S/c13-12-4-3-11(18-12)10(17-16)6-7-1-2-9(15)8(14)5-7/h1-5,10,17H,6,16H2. The summed E-state index contributed by atoms with van der Waals surface area (Å²) in [5, 5.41) is 0.135. The van der Waals surface area contributed by atoms with E-state index in [0.717, 1.165) is 14.2 Å². The molecule has 1 aromatic carbocycles. The van der Waals surface area contributed by atoms with E-state index in [4.69, 9.17) is 17.4 Å². The van der Waals surface area contributed by atoms with Gasteiger partial charge in [-0.3, -0.25) is 11.3 Å². The highest BCUT2D eigenvalue weighted by Gasteiger charge is 2.13. The van der Waals surface area contributed by atoms with E-state index < -0.39 is 5.82 Å². The van der Waals surface area contributed by atoms with Crippen LogP contribution in [0.5, 0.6) is 0 Å². The fraction of sp³-hybridized carbons (Fsp3) is 0.167. The van der Waals surface area contributed by atoms with Gasteiger partial charge in [0, 0.05) is 4.88 Å². The molecule has 0 amide bonds. The van der Waals surface area contributed by atoms with Gasteiger partial charge >= 0.3 is 0 Å². The predicted octanol–water partition coefficient (Wildman–Crippen LogP) is 4.05. The number of hydrazine groups is 1. The van der Waals surface area contributed by atoms with E-state index in [0.29, 0.717) is 6.42 Å². The van der Waals surface area contributed by atoms with Gasteiger partial charge in [-0.25, -0.2) is 4.39 Å². The van der Waals surface area contributed by atoms with Crippen LogP contribution < -0.4 is 11.3 Å². The summed E-state index contributed by atoms with van der Waals surface area (Å²) >= 11 is 10.8. The van der Waals surface area contributed by atoms with Crippen LogP contribution in [-0.2, 0) is 6.42 Å². The van der Waals surface area contributed by atoms with Crippen molar-refractivity contribution >= 4 is 38.9 Å². The molecule has 0 bridgehead atoms. The van der Waals surface area contributed by atoms with Crippen LogP contribution in [0.3, 0.4) is 0 Å². The van der Waals surface area contributed by atoms with E-state index in [1.165, 1.54) is 6.07 Å². The van der Waals surface area contributed by atoms with Crippen molar-refractivity contribution in [1.82, 2.24) is 5.43 Å². The van der Waals surface area contributed by atoms with E-state index >= 15 is 0 Å². The third-order valence-corrected chi connectivity index (χ3v) is 4.59. The topological polar surface area (TPSA) is 38.0 Å². The van der Waals surface area contributed by atoms with Gasteiger partial charge in [0.2, 0.25) is 0 Å². The smallest absolute Gasteiger partial charge is 0.141 e. The summed E-state index contributed by atoms with van der Waals surface area (Å²) in [4.78, 5) is 1.12. The molecule has 2 aromatic rings. The molecule has 0 saturated heterocycles. The van der Waals surface area contributed by atoms with E-state index in [-0.39, 0.29) is 11.1 Å². The second-order valence-corrected chi connectivity index (χ2v) is 6.72. The van der Waals surface area contributed by atoms with Crippen LogP contribution in [0.15, 0.2) is 34.1 Å². The van der Waals surface area contributed by atoms with E-state index in [1.54, 1.807) is 23.5 Å². The molecule has 0 fully saturated rings. The van der Waals surface area contributed by atoms with Gasteiger partial charge in [0.15, 0.2) is 0 Å². The monoisotopic (exact) mass is 348 g/mol. The number of benzene rings is 1. The summed E-state index contributed by atoms with van der Waals surface area (Å²) in [6, 6.07) is 8.68. The molecule has 1 aromatic heterocycles. The molecule has 1 heterocycles. The lowest BCUT2D eigenvalue weighted by molar-refractivity contribution is 0.559. The Hall–Kier alpha value is -0.460. The van der Waals surface area contributed by atoms with Crippen LogP contribution in [0.25, 0.3) is 0 Å². The molecule has 96 valence electrons. The highest BCUT2D eigenvalue weighted by atomic mass is 79.9. The quantitative estimate of drug-likeness (QED) is 0.645. The maximum atomic E-state index is 13.1. The molecule has 2 rings (SSSR count). The first-order valence-corrected chi connectivity index (χ1v) is 7.24. The molecule has 0 radical (unpaired) electrons. The van der Waals surface area contributed by atoms with Crippen LogP contribution in [0.2, 0.25) is 5.02 Å². The molecule has 0 saturated carbocycles. The van der Waals surface area contributed by atoms with Gasteiger partial charge in [-0.2, -0.15) is 0 Å². The van der Waals surface area contributed by atoms with Crippen molar-refractivity contribution in [2.24, 2.45) is 5.84 Å². The number of hydrogen-bond acceptors (Lipinski definition) is 3. The average molecular weight is 350 g/mol. The van der Waals surface area contributed by atoms with Gasteiger partial charge in [-0.1, -0.05) is 17.7 Å². The Labute approximate surface area is 122 Å². The van der Waals surface area contributed by atoms with Crippen molar-refractivity contribution in [1.29, 1.82) is 0 Å². The van der Waals surface area contributed by atoms with Crippen LogP contribution in [0.4, 0.5) is 4.39 Å². The number of rotatable bonds is 4. The Morgan fingerprint density at radius 1 is 1.39 bits per heavy atom. The third-order valence-electron chi connectivity index (χ3n) is 2.56. The Balaban J connectivity index is 2.17. The molecule has 1 atom stereocenters. The highest BCUT2D eigenvalue weighted by Crippen LogP contribution is 2.29. The third kappa shape index (κ3) is 3.30. The molecule has 0 aliphatic carbocycles. The largest absolute Gasteiger partial charge is 0.271 e. The molecule has 1 unspecified atom stereocenters. The first-order valence-electron chi connectivity index (χ1n) is 5.25. The highest BCUT2D eigenvalue weighted by molar-refractivity contribution is 9.11. The van der Waals surface area contributed by atoms with Gasteiger partial charge in [0.1, 0.15) is 5.82 Å². The first kappa shape index (κ1) is 14.0. The molecule has 2 nitrogen and oxygen atoms in total. The summed E-state index contributed by atoms with van der Waals surface area (Å²) in [5.41, 5.74) is 3.71. The second-order valence-electron chi connectivity index (χ2n) is 3.81. The lowest BCUT2D eigenvalue weighted by Gasteiger charge is -2.14. The molecule has 6 heteroatoms. The van der Waals surface area contributed by atoms with Crippen molar-refractivity contribution in [3.8, 4) is 0 Å². The minimum absolute atomic E-state index is 0.0113. The van der Waals surface area contributed by atoms with E-state index in [2.05, 4.69) is 21.4 Å². The molecule has 0 aliphatic heterocycles. The van der Waals surface area contributed by atoms with Crippen molar-refractivity contribution in [3.63, 3.8) is 0 Å². The summed E-state index contributed by atoms with van der Waals surface area (Å²) in [5.74, 6) is 5.16. The summed E-state index contributed by atoms with van der Waals surface area (Å²) < 4.78 is 14.1. The number of thiophene rings is 1. The number of nitrogens with one attached hydrogen (secondary N) is 1. The summed E-state index contributed by atoms with van der Waals surface area (Å²) in [6.45, 7) is 0. The van der Waals surface area contributed by atoms with E-state index in [1.807, 2.05) is 12.1 Å². The second kappa shape index (κ2) is 6.12. The van der Waals surface area contributed by atoms with Gasteiger partial charge in [0.05, 0.1) is 14.9 Å². The first-order chi connectivity index (χ1) is 8.60. The zero-order valence-electron chi connectivity index (χ0n) is 9.29. The summed E-state index contributed by atoms with van der Waals surface area (Å²) in [7, 11) is 0. The number of halogens is 3. The maximum Gasteiger partial charge on any atom is 0.141 e. The van der Waals surface area contributed by atoms with E-state index in [9.17, 15) is 4.39 Å². The van der Waals surface area contributed by atoms with Gasteiger partial charge in [0.25, 0.3) is 0 Å². The molecular formula is C12H11BrClFN2S. The van der Waals surface area contributed by atoms with Gasteiger partial charge in [-0.05, 0) is 52.2 Å². The van der Waals surface area contributed by atoms with Crippen molar-refractivity contribution in [2.75, 3.05) is 0 Å². The average Bonchev–Trinajstić information content (AvgIpc) is 2.77. The predicted molar refractivity (Wildman–Crippen MR) is 77.2 cm³/mol. The van der Waals surface area contributed by atoms with Gasteiger partial charge in [-0.15, -0.1) is 11.3 Å². The Bertz CT molecular complexity index is 547. The minimum atomic E-state index is -0.406. The fourth-order valence-electron chi connectivity index (χ4n) is 1.66. The summed E-state index contributed by atoms with van der Waals surface area (Å²) in [6.07, 6.45) is 0.656. The Kier molecular flexibility index (Phi) is 4.75. The molecule has 0 spiro atoms. The number of hydrogen-bond donors (Lipinski definition) is 2. The zero-order valence-corrected chi connectivity index (χ0v) is 12.4. The van der Waals surface area contributed by atoms with Crippen molar-refractivity contribution in [2.45, 2.75) is 12.5 Å². The lowest BCUT2D eigenvalue weighted by atomic mass is 10.1. The van der Waals surface area contributed by atoms with Crippen LogP contribution in [0.1, 0.15) is 16.5 Å². The molecule has 0 aliphatic rings. The number of nitrogens with two attached hydrogens (primary N) is 1. The maximum absolute atomic E-state index is 13.1. The molecule has 3 N–H and O–H groups in total. The van der Waals surface area contributed by atoms with Crippen molar-refractivity contribution < 1.29 is 4.39 Å². The van der Waals surface area contributed by atoms with Crippen molar-refractivity contribution in [3.05, 3.63) is 55.4 Å². The fourth-order valence-corrected chi connectivity index (χ4v) is 3.35. The van der Waals surface area contributed by atoms with Gasteiger partial charge < -0.3 is 0 Å². The molecule has 18 heavy (non-hydrogen) atoms. The van der Waals surface area contributed by atoms with Crippen LogP contribution in [0, 0.1) is 5.82 Å². The zero-order chi connectivity index (χ0) is 13.1. The lowest BCUT2D eigenvalue weighted by Crippen LogP contribution is -2.28. The Morgan fingerprint density at radius 3 is 2.72 bits per heavy atom. The Morgan fingerprint density at radius 2 is 2.17 bits per heavy atom. The SMILES string of the molecule is NNC(Cc1ccc(F)c(Cl)c1)c1ccc(Br)s1.